The maximum Gasteiger partial charge on any atom is 0.227 e. The first-order chi connectivity index (χ1) is 14.4. The highest BCUT2D eigenvalue weighted by atomic mass is 35.5. The zero-order chi connectivity index (χ0) is 21.3. The number of phenols is 1. The van der Waals surface area contributed by atoms with Gasteiger partial charge in [-0.3, -0.25) is 4.99 Å². The molecule has 0 amide bonds. The van der Waals surface area contributed by atoms with Crippen LogP contribution in [0, 0.1) is 6.92 Å². The van der Waals surface area contributed by atoms with Crippen LogP contribution in [0.15, 0.2) is 64.0 Å². The Balaban J connectivity index is 1.58. The van der Waals surface area contributed by atoms with E-state index in [4.69, 9.17) is 16.0 Å². The molecule has 5 heteroatoms. The van der Waals surface area contributed by atoms with Gasteiger partial charge in [0.15, 0.2) is 5.58 Å². The van der Waals surface area contributed by atoms with Crippen LogP contribution in [-0.4, -0.2) is 16.3 Å². The maximum atomic E-state index is 10.2. The second kappa shape index (κ2) is 8.33. The molecular formula is C25H23ClN2O2. The summed E-state index contributed by atoms with van der Waals surface area (Å²) in [5.74, 6) is 1.27. The summed E-state index contributed by atoms with van der Waals surface area (Å²) in [6.45, 7) is 6.20. The van der Waals surface area contributed by atoms with Crippen molar-refractivity contribution in [3.8, 4) is 17.2 Å². The van der Waals surface area contributed by atoms with Crippen molar-refractivity contribution in [1.82, 2.24) is 4.98 Å². The summed E-state index contributed by atoms with van der Waals surface area (Å²) in [6.07, 6.45) is 2.70. The van der Waals surface area contributed by atoms with Crippen molar-refractivity contribution < 1.29 is 9.52 Å². The summed E-state index contributed by atoms with van der Waals surface area (Å²) in [7, 11) is 0. The van der Waals surface area contributed by atoms with E-state index >= 15 is 0 Å². The first-order valence-electron chi connectivity index (χ1n) is 9.98. The van der Waals surface area contributed by atoms with Gasteiger partial charge in [0.2, 0.25) is 5.89 Å². The highest BCUT2D eigenvalue weighted by molar-refractivity contribution is 6.31. The van der Waals surface area contributed by atoms with Gasteiger partial charge in [0.25, 0.3) is 0 Å². The molecule has 0 saturated carbocycles. The number of aliphatic imine (C=N–C) groups is 1. The van der Waals surface area contributed by atoms with E-state index in [0.717, 1.165) is 28.8 Å². The van der Waals surface area contributed by atoms with E-state index in [1.54, 1.807) is 25.3 Å². The maximum absolute atomic E-state index is 10.2. The molecule has 4 aromatic rings. The lowest BCUT2D eigenvalue weighted by atomic mass is 9.98. The Hall–Kier alpha value is -3.11. The summed E-state index contributed by atoms with van der Waals surface area (Å²) in [4.78, 5) is 9.10. The number of hydrogen-bond donors (Lipinski definition) is 1. The minimum atomic E-state index is 0.183. The highest BCUT2D eigenvalue weighted by Gasteiger charge is 2.11. The number of fused-ring (bicyclic) bond motifs is 1. The van der Waals surface area contributed by atoms with E-state index in [-0.39, 0.29) is 5.75 Å². The number of hydrogen-bond acceptors (Lipinski definition) is 4. The number of phenolic OH excluding ortho intramolecular Hbond substituents is 1. The molecule has 3 aromatic carbocycles. The van der Waals surface area contributed by atoms with E-state index in [2.05, 4.69) is 36.0 Å². The monoisotopic (exact) mass is 418 g/mol. The van der Waals surface area contributed by atoms with Gasteiger partial charge >= 0.3 is 0 Å². The molecule has 0 spiro atoms. The Bertz CT molecular complexity index is 1230. The molecule has 1 atom stereocenters. The molecule has 1 N–H and O–H groups in total. The summed E-state index contributed by atoms with van der Waals surface area (Å²) in [5.41, 5.74) is 5.87. The van der Waals surface area contributed by atoms with Crippen LogP contribution in [0.2, 0.25) is 5.02 Å². The Morgan fingerprint density at radius 1 is 1.13 bits per heavy atom. The van der Waals surface area contributed by atoms with Crippen molar-refractivity contribution >= 4 is 34.6 Å². The molecule has 0 radical (unpaired) electrons. The summed E-state index contributed by atoms with van der Waals surface area (Å²) >= 11 is 6.07. The SMILES string of the molecule is CC[C@H](C)c1ccc2oc(-c3ccc(N=Cc4cc(Cl)cc(C)c4O)cc3)nc2c1. The van der Waals surface area contributed by atoms with Crippen LogP contribution in [-0.2, 0) is 0 Å². The molecule has 1 aromatic heterocycles. The molecule has 0 aliphatic carbocycles. The fourth-order valence-corrected chi connectivity index (χ4v) is 3.59. The van der Waals surface area contributed by atoms with E-state index < -0.39 is 0 Å². The molecule has 0 bridgehead atoms. The van der Waals surface area contributed by atoms with Crippen LogP contribution >= 0.6 is 11.6 Å². The largest absolute Gasteiger partial charge is 0.507 e. The van der Waals surface area contributed by atoms with Gasteiger partial charge in [-0.05, 0) is 78.9 Å². The smallest absolute Gasteiger partial charge is 0.227 e. The molecular weight excluding hydrogens is 396 g/mol. The summed E-state index contributed by atoms with van der Waals surface area (Å²) < 4.78 is 5.94. The quantitative estimate of drug-likeness (QED) is 0.343. The van der Waals surface area contributed by atoms with Gasteiger partial charge < -0.3 is 9.52 Å². The minimum Gasteiger partial charge on any atom is -0.507 e. The molecule has 30 heavy (non-hydrogen) atoms. The number of rotatable bonds is 5. The lowest BCUT2D eigenvalue weighted by Gasteiger charge is -2.07. The van der Waals surface area contributed by atoms with E-state index in [0.29, 0.717) is 28.0 Å². The molecule has 152 valence electrons. The van der Waals surface area contributed by atoms with Gasteiger partial charge in [0.1, 0.15) is 11.3 Å². The predicted octanol–water partition coefficient (Wildman–Crippen LogP) is 7.43. The van der Waals surface area contributed by atoms with Crippen molar-refractivity contribution in [1.29, 1.82) is 0 Å². The summed E-state index contributed by atoms with van der Waals surface area (Å²) in [6, 6.07) is 17.2. The Kier molecular flexibility index (Phi) is 5.60. The average molecular weight is 419 g/mol. The third-order valence-electron chi connectivity index (χ3n) is 5.35. The molecule has 0 saturated heterocycles. The van der Waals surface area contributed by atoms with Gasteiger partial charge in [0.05, 0.1) is 5.69 Å². The number of halogens is 1. The van der Waals surface area contributed by atoms with E-state index in [1.165, 1.54) is 5.56 Å². The van der Waals surface area contributed by atoms with Crippen LogP contribution in [0.4, 0.5) is 5.69 Å². The van der Waals surface area contributed by atoms with Gasteiger partial charge in [-0.2, -0.15) is 0 Å². The van der Waals surface area contributed by atoms with Crippen molar-refractivity contribution in [3.05, 3.63) is 76.3 Å². The van der Waals surface area contributed by atoms with Gasteiger partial charge in [-0.25, -0.2) is 4.98 Å². The van der Waals surface area contributed by atoms with Crippen molar-refractivity contribution in [3.63, 3.8) is 0 Å². The molecule has 0 aliphatic heterocycles. The van der Waals surface area contributed by atoms with E-state index in [1.807, 2.05) is 30.3 Å². The number of aromatic nitrogens is 1. The van der Waals surface area contributed by atoms with Crippen LogP contribution in [0.25, 0.3) is 22.6 Å². The predicted molar refractivity (Wildman–Crippen MR) is 123 cm³/mol. The topological polar surface area (TPSA) is 58.6 Å². The fraction of sp³-hybridized carbons (Fsp3) is 0.200. The third-order valence-corrected chi connectivity index (χ3v) is 5.57. The molecule has 1 heterocycles. The number of aromatic hydroxyl groups is 1. The molecule has 4 nitrogen and oxygen atoms in total. The van der Waals surface area contributed by atoms with Gasteiger partial charge in [-0.1, -0.05) is 31.5 Å². The first kappa shape index (κ1) is 20.2. The Morgan fingerprint density at radius 2 is 1.90 bits per heavy atom. The highest BCUT2D eigenvalue weighted by Crippen LogP contribution is 2.29. The second-order valence-corrected chi connectivity index (χ2v) is 7.96. The van der Waals surface area contributed by atoms with Crippen molar-refractivity contribution in [2.75, 3.05) is 0 Å². The first-order valence-corrected chi connectivity index (χ1v) is 10.4. The van der Waals surface area contributed by atoms with Gasteiger partial charge in [-0.15, -0.1) is 0 Å². The van der Waals surface area contributed by atoms with Crippen LogP contribution in [0.3, 0.4) is 0 Å². The zero-order valence-corrected chi connectivity index (χ0v) is 17.9. The molecule has 0 fully saturated rings. The Labute approximate surface area is 180 Å². The Morgan fingerprint density at radius 3 is 2.63 bits per heavy atom. The van der Waals surface area contributed by atoms with Crippen LogP contribution in [0.1, 0.15) is 42.9 Å². The van der Waals surface area contributed by atoms with Crippen LogP contribution in [0.5, 0.6) is 5.75 Å². The number of oxazole rings is 1. The number of nitrogens with zero attached hydrogens (tertiary/aromatic N) is 2. The fourth-order valence-electron chi connectivity index (χ4n) is 3.30. The lowest BCUT2D eigenvalue weighted by Crippen LogP contribution is -1.90. The second-order valence-electron chi connectivity index (χ2n) is 7.52. The lowest BCUT2D eigenvalue weighted by molar-refractivity contribution is 0.470. The van der Waals surface area contributed by atoms with Gasteiger partial charge in [0, 0.05) is 22.4 Å². The zero-order valence-electron chi connectivity index (χ0n) is 17.2. The van der Waals surface area contributed by atoms with Crippen molar-refractivity contribution in [2.24, 2.45) is 4.99 Å². The minimum absolute atomic E-state index is 0.183. The number of benzene rings is 3. The summed E-state index contributed by atoms with van der Waals surface area (Å²) in [5, 5.41) is 10.7. The molecule has 0 aliphatic rings. The standard InChI is InChI=1S/C25H23ClN2O2/c1-4-15(2)18-7-10-23-22(13-18)28-25(30-23)17-5-8-21(9-6-17)27-14-19-12-20(26)11-16(3)24(19)29/h5-15,29H,4H2,1-3H3/t15-/m0/s1. The van der Waals surface area contributed by atoms with Crippen LogP contribution < -0.4 is 0 Å². The average Bonchev–Trinajstić information content (AvgIpc) is 3.18. The number of aryl methyl sites for hydroxylation is 1. The molecule has 0 unspecified atom stereocenters. The normalized spacial score (nSPS) is 12.7. The third kappa shape index (κ3) is 4.10. The van der Waals surface area contributed by atoms with E-state index in [9.17, 15) is 5.11 Å². The van der Waals surface area contributed by atoms with Crippen molar-refractivity contribution in [2.45, 2.75) is 33.1 Å². The molecule has 4 rings (SSSR count).